The van der Waals surface area contributed by atoms with Gasteiger partial charge in [0.25, 0.3) is 0 Å². The Hall–Kier alpha value is -1.14. The molecule has 1 rings (SSSR count). The lowest BCUT2D eigenvalue weighted by Gasteiger charge is -2.17. The van der Waals surface area contributed by atoms with Crippen molar-refractivity contribution in [3.63, 3.8) is 0 Å². The molecule has 0 spiro atoms. The molecule has 5 nitrogen and oxygen atoms in total. The largest absolute Gasteiger partial charge is 0.396 e. The number of aliphatic hydroxyl groups excluding tert-OH is 1. The molecule has 0 aromatic carbocycles. The fourth-order valence-electron chi connectivity index (χ4n) is 1.82. The average molecular weight is 313 g/mol. The minimum atomic E-state index is -0.194. The Bertz CT molecular complexity index is 454. The Kier molecular flexibility index (Phi) is 6.61. The molecular weight excluding hydrogens is 286 g/mol. The van der Waals surface area contributed by atoms with E-state index < -0.39 is 0 Å². The van der Waals surface area contributed by atoms with Gasteiger partial charge in [0.05, 0.1) is 11.7 Å². The van der Waals surface area contributed by atoms with E-state index in [9.17, 15) is 4.79 Å². The number of amides is 2. The second-order valence-corrected chi connectivity index (χ2v) is 7.32. The molecule has 0 bridgehead atoms. The highest BCUT2D eigenvalue weighted by atomic mass is 32.1. The van der Waals surface area contributed by atoms with Crippen LogP contribution in [0, 0.1) is 0 Å². The topological polar surface area (TPSA) is 74.2 Å². The predicted molar refractivity (Wildman–Crippen MR) is 86.7 cm³/mol. The Morgan fingerprint density at radius 1 is 1.38 bits per heavy atom. The standard InChI is InChI=1S/C15H27N3O2S/c1-10(7-6-8-19)16-14(20)17-11(2)13-18-12(9-21-13)15(3,4)5/h9-11,19H,6-8H2,1-5H3,(H2,16,17,20). The molecule has 2 atom stereocenters. The number of hydrogen-bond acceptors (Lipinski definition) is 4. The Morgan fingerprint density at radius 2 is 2.05 bits per heavy atom. The molecule has 0 aliphatic carbocycles. The molecule has 1 heterocycles. The highest BCUT2D eigenvalue weighted by molar-refractivity contribution is 7.09. The van der Waals surface area contributed by atoms with Gasteiger partial charge >= 0.3 is 6.03 Å². The van der Waals surface area contributed by atoms with E-state index in [2.05, 4.69) is 41.8 Å². The van der Waals surface area contributed by atoms with Crippen molar-refractivity contribution in [2.24, 2.45) is 0 Å². The van der Waals surface area contributed by atoms with Gasteiger partial charge in [-0.3, -0.25) is 0 Å². The summed E-state index contributed by atoms with van der Waals surface area (Å²) in [6.45, 7) is 10.4. The summed E-state index contributed by atoms with van der Waals surface area (Å²) in [5, 5.41) is 17.5. The van der Waals surface area contributed by atoms with Gasteiger partial charge in [0.1, 0.15) is 5.01 Å². The lowest BCUT2D eigenvalue weighted by Crippen LogP contribution is -2.41. The first-order chi connectivity index (χ1) is 9.74. The first kappa shape index (κ1) is 17.9. The van der Waals surface area contributed by atoms with Crippen molar-refractivity contribution in [2.75, 3.05) is 6.61 Å². The molecule has 120 valence electrons. The lowest BCUT2D eigenvalue weighted by atomic mass is 9.93. The van der Waals surface area contributed by atoms with Crippen molar-refractivity contribution in [3.8, 4) is 0 Å². The lowest BCUT2D eigenvalue weighted by molar-refractivity contribution is 0.231. The van der Waals surface area contributed by atoms with E-state index in [1.54, 1.807) is 11.3 Å². The number of thiazole rings is 1. The van der Waals surface area contributed by atoms with Crippen LogP contribution in [0.25, 0.3) is 0 Å². The normalized spacial score (nSPS) is 14.6. The summed E-state index contributed by atoms with van der Waals surface area (Å²) in [5.74, 6) is 0. The maximum absolute atomic E-state index is 11.9. The number of nitrogens with zero attached hydrogens (tertiary/aromatic N) is 1. The zero-order chi connectivity index (χ0) is 16.0. The first-order valence-electron chi connectivity index (χ1n) is 7.38. The van der Waals surface area contributed by atoms with Crippen LogP contribution in [-0.2, 0) is 5.41 Å². The maximum Gasteiger partial charge on any atom is 0.315 e. The van der Waals surface area contributed by atoms with Crippen molar-refractivity contribution in [3.05, 3.63) is 16.1 Å². The quantitative estimate of drug-likeness (QED) is 0.756. The Balaban J connectivity index is 2.51. The molecule has 2 amide bonds. The van der Waals surface area contributed by atoms with Crippen LogP contribution in [0.3, 0.4) is 0 Å². The third-order valence-electron chi connectivity index (χ3n) is 3.18. The van der Waals surface area contributed by atoms with Crippen molar-refractivity contribution < 1.29 is 9.90 Å². The molecule has 21 heavy (non-hydrogen) atoms. The fourth-order valence-corrected chi connectivity index (χ4v) is 2.88. The summed E-state index contributed by atoms with van der Waals surface area (Å²) in [5.41, 5.74) is 1.07. The Morgan fingerprint density at radius 3 is 2.57 bits per heavy atom. The van der Waals surface area contributed by atoms with Gasteiger partial charge in [-0.25, -0.2) is 9.78 Å². The summed E-state index contributed by atoms with van der Waals surface area (Å²) >= 11 is 1.57. The minimum absolute atomic E-state index is 0.0234. The van der Waals surface area contributed by atoms with Crippen LogP contribution in [0.15, 0.2) is 5.38 Å². The zero-order valence-electron chi connectivity index (χ0n) is 13.6. The van der Waals surface area contributed by atoms with E-state index >= 15 is 0 Å². The van der Waals surface area contributed by atoms with Gasteiger partial charge in [0.15, 0.2) is 0 Å². The molecule has 0 saturated heterocycles. The number of aromatic nitrogens is 1. The fraction of sp³-hybridized carbons (Fsp3) is 0.733. The van der Waals surface area contributed by atoms with Crippen molar-refractivity contribution in [2.45, 2.75) is 65.0 Å². The van der Waals surface area contributed by atoms with Gasteiger partial charge in [-0.05, 0) is 26.7 Å². The number of nitrogens with one attached hydrogen (secondary N) is 2. The van der Waals surface area contributed by atoms with Gasteiger partial charge < -0.3 is 15.7 Å². The maximum atomic E-state index is 11.9. The second-order valence-electron chi connectivity index (χ2n) is 6.43. The van der Waals surface area contributed by atoms with E-state index in [0.29, 0.717) is 6.42 Å². The summed E-state index contributed by atoms with van der Waals surface area (Å²) in [6, 6.07) is -0.262. The minimum Gasteiger partial charge on any atom is -0.396 e. The van der Waals surface area contributed by atoms with Gasteiger partial charge in [0, 0.05) is 23.4 Å². The molecular formula is C15H27N3O2S. The predicted octanol–water partition coefficient (Wildman–Crippen LogP) is 2.96. The van der Waals surface area contributed by atoms with Crippen LogP contribution >= 0.6 is 11.3 Å². The first-order valence-corrected chi connectivity index (χ1v) is 8.25. The van der Waals surface area contributed by atoms with Gasteiger partial charge in [0.2, 0.25) is 0 Å². The van der Waals surface area contributed by atoms with E-state index in [1.165, 1.54) is 0 Å². The molecule has 0 radical (unpaired) electrons. The van der Waals surface area contributed by atoms with Crippen LogP contribution in [0.5, 0.6) is 0 Å². The number of hydrogen-bond donors (Lipinski definition) is 3. The number of carbonyl (C=O) groups excluding carboxylic acids is 1. The third kappa shape index (κ3) is 6.01. The van der Waals surface area contributed by atoms with Crippen LogP contribution in [0.4, 0.5) is 4.79 Å². The van der Waals surface area contributed by atoms with E-state index in [0.717, 1.165) is 17.1 Å². The molecule has 0 fully saturated rings. The van der Waals surface area contributed by atoms with Crippen molar-refractivity contribution >= 4 is 17.4 Å². The van der Waals surface area contributed by atoms with Crippen LogP contribution in [0.2, 0.25) is 0 Å². The summed E-state index contributed by atoms with van der Waals surface area (Å²) in [7, 11) is 0. The van der Waals surface area contributed by atoms with Gasteiger partial charge in [-0.15, -0.1) is 11.3 Å². The molecule has 1 aromatic heterocycles. The van der Waals surface area contributed by atoms with Crippen LogP contribution < -0.4 is 10.6 Å². The molecule has 1 aromatic rings. The molecule has 2 unspecified atom stereocenters. The van der Waals surface area contributed by atoms with Gasteiger partial charge in [-0.2, -0.15) is 0 Å². The van der Waals surface area contributed by atoms with Crippen molar-refractivity contribution in [1.29, 1.82) is 0 Å². The van der Waals surface area contributed by atoms with Gasteiger partial charge in [-0.1, -0.05) is 20.8 Å². The average Bonchev–Trinajstić information content (AvgIpc) is 2.85. The highest BCUT2D eigenvalue weighted by Gasteiger charge is 2.20. The molecule has 0 saturated carbocycles. The summed E-state index contributed by atoms with van der Waals surface area (Å²) < 4.78 is 0. The SMILES string of the molecule is CC(CCCO)NC(=O)NC(C)c1nc(C(C)(C)C)cs1. The van der Waals surface area contributed by atoms with Crippen LogP contribution in [0.1, 0.15) is 64.2 Å². The molecule has 0 aliphatic rings. The number of rotatable bonds is 6. The van der Waals surface area contributed by atoms with E-state index in [1.807, 2.05) is 13.8 Å². The van der Waals surface area contributed by atoms with Crippen molar-refractivity contribution in [1.82, 2.24) is 15.6 Å². The molecule has 6 heteroatoms. The number of urea groups is 1. The third-order valence-corrected chi connectivity index (χ3v) is 4.21. The number of carbonyl (C=O) groups is 1. The highest BCUT2D eigenvalue weighted by Crippen LogP contribution is 2.26. The summed E-state index contributed by atoms with van der Waals surface area (Å²) in [6.07, 6.45) is 1.46. The monoisotopic (exact) mass is 313 g/mol. The zero-order valence-corrected chi connectivity index (χ0v) is 14.4. The number of aliphatic hydroxyl groups is 1. The molecule has 0 aliphatic heterocycles. The molecule has 3 N–H and O–H groups in total. The van der Waals surface area contributed by atoms with E-state index in [4.69, 9.17) is 5.11 Å². The Labute approximate surface area is 131 Å². The van der Waals surface area contributed by atoms with E-state index in [-0.39, 0.29) is 30.1 Å². The summed E-state index contributed by atoms with van der Waals surface area (Å²) in [4.78, 5) is 16.5. The van der Waals surface area contributed by atoms with Crippen LogP contribution in [-0.4, -0.2) is 28.8 Å². The smallest absolute Gasteiger partial charge is 0.315 e. The second kappa shape index (κ2) is 7.75.